The molecule has 0 saturated carbocycles. The number of hydrogen-bond acceptors (Lipinski definition) is 4. The van der Waals surface area contributed by atoms with Gasteiger partial charge in [0.1, 0.15) is 12.1 Å². The molecule has 0 aliphatic heterocycles. The molecule has 0 aliphatic carbocycles. The Bertz CT molecular complexity index is 836. The van der Waals surface area contributed by atoms with Gasteiger partial charge in [0, 0.05) is 0 Å². The van der Waals surface area contributed by atoms with Crippen LogP contribution in [0, 0.1) is 3.57 Å². The summed E-state index contributed by atoms with van der Waals surface area (Å²) in [6, 6.07) is 12.3. The van der Waals surface area contributed by atoms with Crippen molar-refractivity contribution in [1.29, 1.82) is 0 Å². The van der Waals surface area contributed by atoms with Gasteiger partial charge in [-0.05, 0) is 52.9 Å². The second-order valence-electron chi connectivity index (χ2n) is 4.25. The van der Waals surface area contributed by atoms with Crippen molar-refractivity contribution in [2.24, 2.45) is 0 Å². The van der Waals surface area contributed by atoms with Crippen molar-refractivity contribution in [3.63, 3.8) is 0 Å². The summed E-state index contributed by atoms with van der Waals surface area (Å²) in [6.45, 7) is 0. The molecule has 5 nitrogen and oxygen atoms in total. The Balaban J connectivity index is 2.07. The maximum atomic E-state index is 11.0. The van der Waals surface area contributed by atoms with Crippen molar-refractivity contribution in [1.82, 2.24) is 9.97 Å². The van der Waals surface area contributed by atoms with E-state index in [1.807, 2.05) is 24.3 Å². The van der Waals surface area contributed by atoms with E-state index in [1.165, 1.54) is 18.5 Å². The van der Waals surface area contributed by atoms with Crippen LogP contribution in [0.25, 0.3) is 10.9 Å². The van der Waals surface area contributed by atoms with E-state index in [0.29, 0.717) is 22.5 Å². The zero-order chi connectivity index (χ0) is 14.8. The van der Waals surface area contributed by atoms with Crippen molar-refractivity contribution in [3.8, 4) is 11.6 Å². The van der Waals surface area contributed by atoms with Crippen LogP contribution in [0.1, 0.15) is 10.4 Å². The van der Waals surface area contributed by atoms with E-state index in [2.05, 4.69) is 32.6 Å². The number of benzene rings is 2. The number of carboxylic acid groups (broad SMARTS) is 1. The molecule has 0 unspecified atom stereocenters. The minimum absolute atomic E-state index is 0.182. The molecule has 0 bridgehead atoms. The lowest BCUT2D eigenvalue weighted by molar-refractivity contribution is 0.0697. The first-order valence-corrected chi connectivity index (χ1v) is 7.13. The van der Waals surface area contributed by atoms with Gasteiger partial charge in [0.15, 0.2) is 0 Å². The van der Waals surface area contributed by atoms with Crippen LogP contribution in [0.5, 0.6) is 11.6 Å². The molecule has 0 atom stereocenters. The highest BCUT2D eigenvalue weighted by Crippen LogP contribution is 2.29. The molecule has 0 amide bonds. The second-order valence-corrected chi connectivity index (χ2v) is 5.41. The van der Waals surface area contributed by atoms with Gasteiger partial charge in [0.2, 0.25) is 5.88 Å². The van der Waals surface area contributed by atoms with Gasteiger partial charge >= 0.3 is 5.97 Å². The normalized spacial score (nSPS) is 10.5. The van der Waals surface area contributed by atoms with Crippen LogP contribution in [0.15, 0.2) is 48.8 Å². The number of nitrogens with zero attached hydrogens (tertiary/aromatic N) is 2. The molecule has 0 fully saturated rings. The molecule has 1 aromatic heterocycles. The number of fused-ring (bicyclic) bond motifs is 1. The van der Waals surface area contributed by atoms with Crippen molar-refractivity contribution in [2.75, 3.05) is 0 Å². The standard InChI is InChI=1S/C15H9IN2O3/c16-11-3-1-2-4-13(11)21-14-10-6-5-9(15(19)20)7-12(10)17-8-18-14/h1-8H,(H,19,20). The molecule has 21 heavy (non-hydrogen) atoms. The summed E-state index contributed by atoms with van der Waals surface area (Å²) in [4.78, 5) is 19.2. The largest absolute Gasteiger partial charge is 0.478 e. The predicted molar refractivity (Wildman–Crippen MR) is 85.7 cm³/mol. The summed E-state index contributed by atoms with van der Waals surface area (Å²) >= 11 is 2.18. The monoisotopic (exact) mass is 392 g/mol. The fourth-order valence-electron chi connectivity index (χ4n) is 1.88. The second kappa shape index (κ2) is 5.65. The first-order valence-electron chi connectivity index (χ1n) is 6.05. The van der Waals surface area contributed by atoms with Crippen molar-refractivity contribution < 1.29 is 14.6 Å². The van der Waals surface area contributed by atoms with Crippen molar-refractivity contribution in [3.05, 3.63) is 57.9 Å². The smallest absolute Gasteiger partial charge is 0.335 e. The summed E-state index contributed by atoms with van der Waals surface area (Å²) in [5.74, 6) is 0.108. The summed E-state index contributed by atoms with van der Waals surface area (Å²) in [6.07, 6.45) is 1.36. The number of carbonyl (C=O) groups is 1. The fourth-order valence-corrected chi connectivity index (χ4v) is 2.38. The molecule has 104 valence electrons. The minimum atomic E-state index is -0.990. The summed E-state index contributed by atoms with van der Waals surface area (Å²) < 4.78 is 6.78. The lowest BCUT2D eigenvalue weighted by atomic mass is 10.1. The minimum Gasteiger partial charge on any atom is -0.478 e. The lowest BCUT2D eigenvalue weighted by Gasteiger charge is -2.09. The molecule has 1 heterocycles. The highest BCUT2D eigenvalue weighted by atomic mass is 127. The van der Waals surface area contributed by atoms with Crippen molar-refractivity contribution in [2.45, 2.75) is 0 Å². The van der Waals surface area contributed by atoms with Crippen molar-refractivity contribution >= 4 is 39.5 Å². The lowest BCUT2D eigenvalue weighted by Crippen LogP contribution is -1.98. The van der Waals surface area contributed by atoms with Gasteiger partial charge in [-0.25, -0.2) is 14.8 Å². The molecule has 0 aliphatic rings. The molecule has 3 aromatic rings. The topological polar surface area (TPSA) is 72.3 Å². The molecule has 1 N–H and O–H groups in total. The molecular formula is C15H9IN2O3. The average Bonchev–Trinajstić information content (AvgIpc) is 2.49. The van der Waals surface area contributed by atoms with Gasteiger partial charge in [0.25, 0.3) is 0 Å². The Morgan fingerprint density at radius 1 is 1.14 bits per heavy atom. The maximum absolute atomic E-state index is 11.0. The van der Waals surface area contributed by atoms with E-state index in [4.69, 9.17) is 9.84 Å². The summed E-state index contributed by atoms with van der Waals surface area (Å²) in [5.41, 5.74) is 0.715. The van der Waals surface area contributed by atoms with E-state index in [-0.39, 0.29) is 5.56 Å². The zero-order valence-electron chi connectivity index (χ0n) is 10.7. The first-order chi connectivity index (χ1) is 10.1. The van der Waals surface area contributed by atoms with Crippen LogP contribution in [-0.2, 0) is 0 Å². The highest BCUT2D eigenvalue weighted by Gasteiger charge is 2.10. The number of aromatic carboxylic acids is 1. The third kappa shape index (κ3) is 2.80. The Kier molecular flexibility index (Phi) is 3.70. The summed E-state index contributed by atoms with van der Waals surface area (Å²) in [5, 5.41) is 9.68. The fraction of sp³-hybridized carbons (Fsp3) is 0. The molecule has 2 aromatic carbocycles. The number of halogens is 1. The van der Waals surface area contributed by atoms with Crippen LogP contribution < -0.4 is 4.74 Å². The summed E-state index contributed by atoms with van der Waals surface area (Å²) in [7, 11) is 0. The van der Waals surface area contributed by atoms with Crippen LogP contribution in [0.4, 0.5) is 0 Å². The Hall–Kier alpha value is -2.22. The quantitative estimate of drug-likeness (QED) is 0.688. The first kappa shape index (κ1) is 13.7. The van der Waals surface area contributed by atoms with Crippen LogP contribution in [0.2, 0.25) is 0 Å². The van der Waals surface area contributed by atoms with Gasteiger partial charge < -0.3 is 9.84 Å². The van der Waals surface area contributed by atoms with E-state index in [1.54, 1.807) is 6.07 Å². The van der Waals surface area contributed by atoms with E-state index in [0.717, 1.165) is 3.57 Å². The molecule has 6 heteroatoms. The van der Waals surface area contributed by atoms with Crippen LogP contribution in [-0.4, -0.2) is 21.0 Å². The molecule has 3 rings (SSSR count). The number of ether oxygens (including phenoxy) is 1. The number of carboxylic acids is 1. The number of hydrogen-bond donors (Lipinski definition) is 1. The molecule has 0 saturated heterocycles. The van der Waals surface area contributed by atoms with Gasteiger partial charge in [-0.1, -0.05) is 12.1 Å². The van der Waals surface area contributed by atoms with E-state index >= 15 is 0 Å². The Labute approximate surface area is 133 Å². The van der Waals surface area contributed by atoms with Gasteiger partial charge in [-0.15, -0.1) is 0 Å². The van der Waals surface area contributed by atoms with Gasteiger partial charge in [-0.2, -0.15) is 0 Å². The third-order valence-corrected chi connectivity index (χ3v) is 3.78. The molecule has 0 spiro atoms. The zero-order valence-corrected chi connectivity index (χ0v) is 12.8. The predicted octanol–water partition coefficient (Wildman–Crippen LogP) is 3.72. The van der Waals surface area contributed by atoms with Crippen LogP contribution >= 0.6 is 22.6 Å². The third-order valence-electron chi connectivity index (χ3n) is 2.89. The number of rotatable bonds is 3. The molecule has 0 radical (unpaired) electrons. The Morgan fingerprint density at radius 2 is 1.95 bits per heavy atom. The Morgan fingerprint density at radius 3 is 2.71 bits per heavy atom. The average molecular weight is 392 g/mol. The number of para-hydroxylation sites is 1. The number of aromatic nitrogens is 2. The van der Waals surface area contributed by atoms with Crippen LogP contribution in [0.3, 0.4) is 0 Å². The van der Waals surface area contributed by atoms with Gasteiger partial charge in [-0.3, -0.25) is 0 Å². The molecular weight excluding hydrogens is 383 g/mol. The maximum Gasteiger partial charge on any atom is 0.335 e. The highest BCUT2D eigenvalue weighted by molar-refractivity contribution is 14.1. The van der Waals surface area contributed by atoms with E-state index < -0.39 is 5.97 Å². The van der Waals surface area contributed by atoms with Gasteiger partial charge in [0.05, 0.1) is 20.0 Å². The van der Waals surface area contributed by atoms with E-state index in [9.17, 15) is 4.79 Å². The SMILES string of the molecule is O=C(O)c1ccc2c(Oc3ccccc3I)ncnc2c1.